The van der Waals surface area contributed by atoms with Crippen LogP contribution in [0.2, 0.25) is 0 Å². The second kappa shape index (κ2) is 8.43. The highest BCUT2D eigenvalue weighted by molar-refractivity contribution is 5.72. The molecule has 4 rings (SSSR count). The van der Waals surface area contributed by atoms with Crippen molar-refractivity contribution in [3.8, 4) is 28.3 Å². The van der Waals surface area contributed by atoms with Gasteiger partial charge in [0.2, 0.25) is 0 Å². The Bertz CT molecular complexity index is 1280. The summed E-state index contributed by atoms with van der Waals surface area (Å²) < 4.78 is 27.3. The minimum atomic E-state index is -0.338. The molecule has 0 aliphatic heterocycles. The fourth-order valence-electron chi connectivity index (χ4n) is 3.33. The number of tetrazole rings is 1. The van der Waals surface area contributed by atoms with Gasteiger partial charge in [-0.25, -0.2) is 9.18 Å². The van der Waals surface area contributed by atoms with Gasteiger partial charge < -0.3 is 9.47 Å². The van der Waals surface area contributed by atoms with Gasteiger partial charge in [-0.1, -0.05) is 24.3 Å². The molecule has 4 aromatic rings. The largest absolute Gasteiger partial charge is 0.496 e. The molecule has 0 unspecified atom stereocenters. The SMILES string of the molecule is COc1ccc(OCc2c(C)cccc2-n2nnn(C)c2=O)cc1-c1ccc(F)cc1. The predicted octanol–water partition coefficient (Wildman–Crippen LogP) is 3.67. The minimum absolute atomic E-state index is 0.222. The molecule has 3 aromatic carbocycles. The van der Waals surface area contributed by atoms with Gasteiger partial charge in [-0.2, -0.15) is 9.36 Å². The van der Waals surface area contributed by atoms with E-state index in [1.807, 2.05) is 25.1 Å². The normalized spacial score (nSPS) is 10.8. The average molecular weight is 420 g/mol. The zero-order chi connectivity index (χ0) is 22.0. The maximum Gasteiger partial charge on any atom is 0.368 e. The Morgan fingerprint density at radius 3 is 2.48 bits per heavy atom. The van der Waals surface area contributed by atoms with Crippen LogP contribution in [0, 0.1) is 12.7 Å². The molecule has 7 nitrogen and oxygen atoms in total. The highest BCUT2D eigenvalue weighted by atomic mass is 19.1. The maximum absolute atomic E-state index is 13.3. The van der Waals surface area contributed by atoms with Gasteiger partial charge in [0.25, 0.3) is 0 Å². The Morgan fingerprint density at radius 2 is 1.81 bits per heavy atom. The summed E-state index contributed by atoms with van der Waals surface area (Å²) in [4.78, 5) is 12.3. The minimum Gasteiger partial charge on any atom is -0.496 e. The molecule has 0 aliphatic rings. The Hall–Kier alpha value is -3.94. The van der Waals surface area contributed by atoms with E-state index < -0.39 is 0 Å². The molecule has 8 heteroatoms. The maximum atomic E-state index is 13.3. The summed E-state index contributed by atoms with van der Waals surface area (Å²) in [7, 11) is 3.13. The Labute approximate surface area is 178 Å². The fourth-order valence-corrected chi connectivity index (χ4v) is 3.33. The number of aromatic nitrogens is 4. The first-order valence-electron chi connectivity index (χ1n) is 9.62. The van der Waals surface area contributed by atoms with Gasteiger partial charge in [0, 0.05) is 18.2 Å². The van der Waals surface area contributed by atoms with Crippen molar-refractivity contribution >= 4 is 0 Å². The van der Waals surface area contributed by atoms with Crippen molar-refractivity contribution in [3.05, 3.63) is 88.1 Å². The average Bonchev–Trinajstić information content (AvgIpc) is 3.11. The van der Waals surface area contributed by atoms with E-state index in [4.69, 9.17) is 9.47 Å². The van der Waals surface area contributed by atoms with Crippen molar-refractivity contribution in [1.29, 1.82) is 0 Å². The fraction of sp³-hybridized carbons (Fsp3) is 0.174. The van der Waals surface area contributed by atoms with Crippen LogP contribution in [0.15, 0.2) is 65.5 Å². The summed E-state index contributed by atoms with van der Waals surface area (Å²) in [5.74, 6) is 0.962. The number of hydrogen-bond donors (Lipinski definition) is 0. The molecule has 1 heterocycles. The van der Waals surface area contributed by atoms with Gasteiger partial charge in [-0.05, 0) is 64.9 Å². The van der Waals surface area contributed by atoms with Crippen molar-refractivity contribution in [1.82, 2.24) is 19.8 Å². The number of ether oxygens (including phenoxy) is 2. The molecule has 0 amide bonds. The predicted molar refractivity (Wildman–Crippen MR) is 114 cm³/mol. The molecule has 0 saturated heterocycles. The molecule has 0 radical (unpaired) electrons. The topological polar surface area (TPSA) is 71.2 Å². The van der Waals surface area contributed by atoms with Crippen LogP contribution in [0.1, 0.15) is 11.1 Å². The Kier molecular flexibility index (Phi) is 5.53. The van der Waals surface area contributed by atoms with Crippen LogP contribution in [0.5, 0.6) is 11.5 Å². The number of halogens is 1. The summed E-state index contributed by atoms with van der Waals surface area (Å²) in [6.45, 7) is 2.17. The van der Waals surface area contributed by atoms with Crippen molar-refractivity contribution in [2.24, 2.45) is 7.05 Å². The highest BCUT2D eigenvalue weighted by Gasteiger charge is 2.14. The van der Waals surface area contributed by atoms with Crippen molar-refractivity contribution in [2.75, 3.05) is 7.11 Å². The molecule has 158 valence electrons. The first-order valence-corrected chi connectivity index (χ1v) is 9.62. The number of methoxy groups -OCH3 is 1. The summed E-state index contributed by atoms with van der Waals surface area (Å²) in [5.41, 5.74) is 3.66. The molecular weight excluding hydrogens is 399 g/mol. The molecular formula is C23H21FN4O3. The van der Waals surface area contributed by atoms with Crippen molar-refractivity contribution in [3.63, 3.8) is 0 Å². The third-order valence-corrected chi connectivity index (χ3v) is 5.04. The number of hydrogen-bond acceptors (Lipinski definition) is 5. The summed E-state index contributed by atoms with van der Waals surface area (Å²) in [6.07, 6.45) is 0. The number of aryl methyl sites for hydroxylation is 2. The number of rotatable bonds is 6. The van der Waals surface area contributed by atoms with Crippen molar-refractivity contribution < 1.29 is 13.9 Å². The van der Waals surface area contributed by atoms with Crippen LogP contribution in [0.25, 0.3) is 16.8 Å². The molecule has 0 atom stereocenters. The van der Waals surface area contributed by atoms with E-state index in [9.17, 15) is 9.18 Å². The van der Waals surface area contributed by atoms with Crippen LogP contribution in [-0.4, -0.2) is 26.9 Å². The zero-order valence-electron chi connectivity index (χ0n) is 17.4. The van der Waals surface area contributed by atoms with Crippen LogP contribution >= 0.6 is 0 Å². The number of nitrogens with zero attached hydrogens (tertiary/aromatic N) is 4. The van der Waals surface area contributed by atoms with E-state index >= 15 is 0 Å². The Balaban J connectivity index is 1.66. The first kappa shape index (κ1) is 20.3. The van der Waals surface area contributed by atoms with Gasteiger partial charge in [0.05, 0.1) is 12.8 Å². The second-order valence-corrected chi connectivity index (χ2v) is 7.03. The standard InChI is InChI=1S/C23H21FN4O3/c1-15-5-4-6-21(28-23(29)27(2)25-26-28)20(15)14-31-18-11-12-22(30-3)19(13-18)16-7-9-17(24)10-8-16/h4-13H,14H2,1-3H3. The molecule has 0 N–H and O–H groups in total. The van der Waals surface area contributed by atoms with E-state index in [2.05, 4.69) is 10.4 Å². The van der Waals surface area contributed by atoms with E-state index in [1.54, 1.807) is 44.5 Å². The third kappa shape index (κ3) is 4.05. The van der Waals surface area contributed by atoms with Crippen LogP contribution in [-0.2, 0) is 13.7 Å². The lowest BCUT2D eigenvalue weighted by molar-refractivity contribution is 0.304. The lowest BCUT2D eigenvalue weighted by atomic mass is 10.0. The quantitative estimate of drug-likeness (QED) is 0.476. The molecule has 0 bridgehead atoms. The number of benzene rings is 3. The molecule has 0 saturated carbocycles. The summed E-state index contributed by atoms with van der Waals surface area (Å²) >= 11 is 0. The van der Waals surface area contributed by atoms with E-state index in [1.165, 1.54) is 21.5 Å². The van der Waals surface area contributed by atoms with E-state index in [0.29, 0.717) is 17.2 Å². The van der Waals surface area contributed by atoms with Gasteiger partial charge in [-0.15, -0.1) is 0 Å². The molecule has 31 heavy (non-hydrogen) atoms. The van der Waals surface area contributed by atoms with Crippen molar-refractivity contribution in [2.45, 2.75) is 13.5 Å². The molecule has 0 spiro atoms. The second-order valence-electron chi connectivity index (χ2n) is 7.03. The summed E-state index contributed by atoms with van der Waals surface area (Å²) in [6, 6.07) is 17.3. The van der Waals surface area contributed by atoms with Crippen LogP contribution in [0.4, 0.5) is 4.39 Å². The monoisotopic (exact) mass is 420 g/mol. The molecule has 0 aliphatic carbocycles. The van der Waals surface area contributed by atoms with E-state index in [-0.39, 0.29) is 18.1 Å². The van der Waals surface area contributed by atoms with Crippen LogP contribution in [0.3, 0.4) is 0 Å². The first-order chi connectivity index (χ1) is 15.0. The molecule has 0 fully saturated rings. The lowest BCUT2D eigenvalue weighted by Gasteiger charge is -2.15. The lowest BCUT2D eigenvalue weighted by Crippen LogP contribution is -2.23. The van der Waals surface area contributed by atoms with Crippen LogP contribution < -0.4 is 15.2 Å². The Morgan fingerprint density at radius 1 is 1.03 bits per heavy atom. The molecule has 1 aromatic heterocycles. The highest BCUT2D eigenvalue weighted by Crippen LogP contribution is 2.34. The zero-order valence-corrected chi connectivity index (χ0v) is 17.4. The third-order valence-electron chi connectivity index (χ3n) is 5.04. The van der Waals surface area contributed by atoms with Gasteiger partial charge in [-0.3, -0.25) is 0 Å². The van der Waals surface area contributed by atoms with Gasteiger partial charge in [0.15, 0.2) is 0 Å². The van der Waals surface area contributed by atoms with E-state index in [0.717, 1.165) is 22.3 Å². The van der Waals surface area contributed by atoms with Gasteiger partial charge >= 0.3 is 5.69 Å². The summed E-state index contributed by atoms with van der Waals surface area (Å²) in [5, 5.41) is 7.73. The smallest absolute Gasteiger partial charge is 0.368 e. The van der Waals surface area contributed by atoms with Gasteiger partial charge in [0.1, 0.15) is 23.9 Å².